The van der Waals surface area contributed by atoms with Gasteiger partial charge in [-0.05, 0) is 30.7 Å². The zero-order valence-electron chi connectivity index (χ0n) is 12.7. The first-order valence-corrected chi connectivity index (χ1v) is 7.15. The van der Waals surface area contributed by atoms with Crippen LogP contribution in [0.3, 0.4) is 0 Å². The molecule has 0 atom stereocenters. The topological polar surface area (TPSA) is 68.5 Å². The third-order valence-electron chi connectivity index (χ3n) is 2.81. The lowest BCUT2D eigenvalue weighted by atomic mass is 10.2. The van der Waals surface area contributed by atoms with Crippen LogP contribution in [0, 0.1) is 0 Å². The van der Waals surface area contributed by atoms with Crippen LogP contribution in [0.15, 0.2) is 64.9 Å². The van der Waals surface area contributed by atoms with Crippen molar-refractivity contribution in [1.29, 1.82) is 0 Å². The molecule has 5 nitrogen and oxygen atoms in total. The fraction of sp³-hybridized carbons (Fsp3) is 0.111. The molecule has 0 saturated carbocycles. The van der Waals surface area contributed by atoms with Gasteiger partial charge in [0.1, 0.15) is 11.5 Å². The molecule has 1 amide bonds. The highest BCUT2D eigenvalue weighted by Crippen LogP contribution is 2.08. The number of rotatable bonds is 6. The van der Waals surface area contributed by atoms with Gasteiger partial charge >= 0.3 is 5.97 Å². The maximum atomic E-state index is 12.0. The first-order chi connectivity index (χ1) is 11.2. The molecule has 2 aromatic rings. The summed E-state index contributed by atoms with van der Waals surface area (Å²) >= 11 is 0. The lowest BCUT2D eigenvalue weighted by Crippen LogP contribution is -2.27. The van der Waals surface area contributed by atoms with E-state index in [1.165, 1.54) is 18.4 Å². The van der Waals surface area contributed by atoms with E-state index < -0.39 is 11.9 Å². The number of hydrogen-bond acceptors (Lipinski definition) is 4. The summed E-state index contributed by atoms with van der Waals surface area (Å²) in [6.45, 7) is 1.91. The Morgan fingerprint density at radius 2 is 1.96 bits per heavy atom. The third-order valence-corrected chi connectivity index (χ3v) is 2.81. The quantitative estimate of drug-likeness (QED) is 0.658. The van der Waals surface area contributed by atoms with E-state index in [4.69, 9.17) is 9.15 Å². The summed E-state index contributed by atoms with van der Waals surface area (Å²) in [7, 11) is 0. The highest BCUT2D eigenvalue weighted by Gasteiger charge is 2.13. The van der Waals surface area contributed by atoms with Crippen molar-refractivity contribution in [2.24, 2.45) is 0 Å². The van der Waals surface area contributed by atoms with Crippen molar-refractivity contribution in [2.45, 2.75) is 6.92 Å². The van der Waals surface area contributed by atoms with E-state index in [-0.39, 0.29) is 12.3 Å². The number of amides is 1. The van der Waals surface area contributed by atoms with Crippen LogP contribution in [-0.4, -0.2) is 18.5 Å². The smallest absolute Gasteiger partial charge is 0.354 e. The average Bonchev–Trinajstić information content (AvgIpc) is 3.06. The van der Waals surface area contributed by atoms with Crippen molar-refractivity contribution >= 4 is 24.0 Å². The van der Waals surface area contributed by atoms with Gasteiger partial charge in [0.2, 0.25) is 5.91 Å². The van der Waals surface area contributed by atoms with E-state index in [2.05, 4.69) is 5.32 Å². The zero-order valence-corrected chi connectivity index (χ0v) is 12.7. The van der Waals surface area contributed by atoms with Crippen LogP contribution in [0.5, 0.6) is 0 Å². The lowest BCUT2D eigenvalue weighted by molar-refractivity contribution is -0.139. The Balaban J connectivity index is 2.09. The highest BCUT2D eigenvalue weighted by molar-refractivity contribution is 6.01. The molecule has 0 fully saturated rings. The predicted octanol–water partition coefficient (Wildman–Crippen LogP) is 3.01. The third kappa shape index (κ3) is 5.32. The fourth-order valence-corrected chi connectivity index (χ4v) is 1.78. The molecular formula is C18H17NO4. The van der Waals surface area contributed by atoms with E-state index >= 15 is 0 Å². The number of nitrogens with one attached hydrogen (secondary N) is 1. The van der Waals surface area contributed by atoms with Gasteiger partial charge in [-0.15, -0.1) is 0 Å². The van der Waals surface area contributed by atoms with Crippen LogP contribution in [0.4, 0.5) is 0 Å². The number of hydrogen-bond donors (Lipinski definition) is 1. The summed E-state index contributed by atoms with van der Waals surface area (Å²) in [5, 5.41) is 2.51. The number of furan rings is 1. The predicted molar refractivity (Wildman–Crippen MR) is 86.9 cm³/mol. The molecule has 0 aliphatic heterocycles. The van der Waals surface area contributed by atoms with E-state index in [1.807, 2.05) is 30.3 Å². The molecule has 0 radical (unpaired) electrons. The molecule has 0 aliphatic rings. The van der Waals surface area contributed by atoms with Crippen LogP contribution < -0.4 is 5.32 Å². The number of carbonyl (C=O) groups is 2. The van der Waals surface area contributed by atoms with Crippen molar-refractivity contribution in [1.82, 2.24) is 5.32 Å². The Morgan fingerprint density at radius 3 is 2.61 bits per heavy atom. The maximum Gasteiger partial charge on any atom is 0.354 e. The lowest BCUT2D eigenvalue weighted by Gasteiger charge is -2.07. The van der Waals surface area contributed by atoms with E-state index in [0.717, 1.165) is 5.56 Å². The van der Waals surface area contributed by atoms with Gasteiger partial charge in [-0.3, -0.25) is 4.79 Å². The summed E-state index contributed by atoms with van der Waals surface area (Å²) in [6, 6.07) is 12.7. The molecular weight excluding hydrogens is 294 g/mol. The highest BCUT2D eigenvalue weighted by atomic mass is 16.5. The summed E-state index contributed by atoms with van der Waals surface area (Å²) in [5.74, 6) is -0.606. The number of carbonyl (C=O) groups excluding carboxylic acids is 2. The Bertz CT molecular complexity index is 700. The molecule has 0 bridgehead atoms. The van der Waals surface area contributed by atoms with Gasteiger partial charge in [0.25, 0.3) is 0 Å². The van der Waals surface area contributed by atoms with Crippen molar-refractivity contribution < 1.29 is 18.7 Å². The summed E-state index contributed by atoms with van der Waals surface area (Å²) in [4.78, 5) is 23.9. The van der Waals surface area contributed by atoms with Gasteiger partial charge in [-0.2, -0.15) is 0 Å². The van der Waals surface area contributed by atoms with Crippen molar-refractivity contribution in [3.8, 4) is 0 Å². The van der Waals surface area contributed by atoms with Gasteiger partial charge < -0.3 is 14.5 Å². The fourth-order valence-electron chi connectivity index (χ4n) is 1.78. The summed E-state index contributed by atoms with van der Waals surface area (Å²) in [6.07, 6.45) is 5.91. The number of esters is 1. The largest absolute Gasteiger partial charge is 0.465 e. The Kier molecular flexibility index (Phi) is 5.94. The van der Waals surface area contributed by atoms with Crippen molar-refractivity contribution in [2.75, 3.05) is 6.61 Å². The molecule has 23 heavy (non-hydrogen) atoms. The second kappa shape index (κ2) is 8.38. The standard InChI is InChI=1S/C18H17NO4/c1-2-22-18(21)16(13-15-9-6-12-23-15)19-17(20)11-10-14-7-4-3-5-8-14/h3-13H,2H2,1H3,(H,19,20)/b11-10+,16-13-. The molecule has 118 valence electrons. The Morgan fingerprint density at radius 1 is 1.17 bits per heavy atom. The second-order valence-corrected chi connectivity index (χ2v) is 4.53. The SMILES string of the molecule is CCOC(=O)/C(=C/c1ccco1)NC(=O)/C=C/c1ccccc1. The molecule has 0 saturated heterocycles. The van der Waals surface area contributed by atoms with E-state index in [1.54, 1.807) is 25.1 Å². The monoisotopic (exact) mass is 311 g/mol. The Labute approximate surface area is 134 Å². The number of benzene rings is 1. The van der Waals surface area contributed by atoms with Gasteiger partial charge in [0, 0.05) is 12.2 Å². The maximum absolute atomic E-state index is 12.0. The minimum Gasteiger partial charge on any atom is -0.465 e. The van der Waals surface area contributed by atoms with Gasteiger partial charge in [0.05, 0.1) is 12.9 Å². The van der Waals surface area contributed by atoms with Crippen molar-refractivity contribution in [3.05, 3.63) is 71.8 Å². The first kappa shape index (κ1) is 16.3. The molecule has 1 N–H and O–H groups in total. The van der Waals surface area contributed by atoms with Gasteiger partial charge in [0.15, 0.2) is 0 Å². The van der Waals surface area contributed by atoms with Crippen LogP contribution in [0.1, 0.15) is 18.2 Å². The molecule has 2 rings (SSSR count). The molecule has 0 aliphatic carbocycles. The normalized spacial score (nSPS) is 11.4. The van der Waals surface area contributed by atoms with Crippen LogP contribution in [-0.2, 0) is 14.3 Å². The molecule has 1 aromatic carbocycles. The average molecular weight is 311 g/mol. The molecule has 0 unspecified atom stereocenters. The van der Waals surface area contributed by atoms with Crippen LogP contribution in [0.25, 0.3) is 12.2 Å². The van der Waals surface area contributed by atoms with Gasteiger partial charge in [-0.1, -0.05) is 30.3 Å². The second-order valence-electron chi connectivity index (χ2n) is 4.53. The summed E-state index contributed by atoms with van der Waals surface area (Å²) in [5.41, 5.74) is 0.903. The van der Waals surface area contributed by atoms with E-state index in [9.17, 15) is 9.59 Å². The minimum absolute atomic E-state index is 0.0181. The van der Waals surface area contributed by atoms with Crippen LogP contribution >= 0.6 is 0 Å². The van der Waals surface area contributed by atoms with Crippen molar-refractivity contribution in [3.63, 3.8) is 0 Å². The molecule has 1 heterocycles. The zero-order chi connectivity index (χ0) is 16.5. The molecule has 0 spiro atoms. The Hall–Kier alpha value is -3.08. The van der Waals surface area contributed by atoms with E-state index in [0.29, 0.717) is 5.76 Å². The number of ether oxygens (including phenoxy) is 1. The van der Waals surface area contributed by atoms with Gasteiger partial charge in [-0.25, -0.2) is 4.79 Å². The minimum atomic E-state index is -0.620. The summed E-state index contributed by atoms with van der Waals surface area (Å²) < 4.78 is 10.1. The first-order valence-electron chi connectivity index (χ1n) is 7.15. The molecule has 5 heteroatoms. The van der Waals surface area contributed by atoms with Crippen LogP contribution in [0.2, 0.25) is 0 Å². The molecule has 1 aromatic heterocycles.